The molecule has 1 aromatic heterocycles. The van der Waals surface area contributed by atoms with Crippen molar-refractivity contribution < 1.29 is 14.0 Å². The van der Waals surface area contributed by atoms with Gasteiger partial charge in [0.2, 0.25) is 5.91 Å². The molecule has 4 rings (SSSR count). The number of piperazine rings is 1. The van der Waals surface area contributed by atoms with E-state index in [1.54, 1.807) is 28.0 Å². The van der Waals surface area contributed by atoms with Crippen molar-refractivity contribution in [1.29, 1.82) is 0 Å². The second-order valence-corrected chi connectivity index (χ2v) is 8.61. The Labute approximate surface area is 180 Å². The molecule has 6 nitrogen and oxygen atoms in total. The summed E-state index contributed by atoms with van der Waals surface area (Å²) >= 11 is 6.00. The van der Waals surface area contributed by atoms with Crippen LogP contribution in [0.25, 0.3) is 0 Å². The smallest absolute Gasteiger partial charge is 0.251 e. The van der Waals surface area contributed by atoms with Gasteiger partial charge in [-0.25, -0.2) is 9.37 Å². The number of rotatable bonds is 4. The molecule has 2 saturated heterocycles. The van der Waals surface area contributed by atoms with Crippen LogP contribution in [0.4, 0.5) is 10.2 Å². The van der Waals surface area contributed by atoms with Crippen molar-refractivity contribution in [3.8, 4) is 0 Å². The quantitative estimate of drug-likeness (QED) is 0.748. The van der Waals surface area contributed by atoms with Gasteiger partial charge in [-0.2, -0.15) is 0 Å². The van der Waals surface area contributed by atoms with Crippen LogP contribution >= 0.6 is 11.6 Å². The van der Waals surface area contributed by atoms with E-state index in [4.69, 9.17) is 11.6 Å². The van der Waals surface area contributed by atoms with Gasteiger partial charge < -0.3 is 14.7 Å². The fourth-order valence-electron chi connectivity index (χ4n) is 4.29. The average molecular weight is 431 g/mol. The molecule has 30 heavy (non-hydrogen) atoms. The van der Waals surface area contributed by atoms with E-state index >= 15 is 0 Å². The maximum atomic E-state index is 13.6. The van der Waals surface area contributed by atoms with Crippen LogP contribution in [-0.4, -0.2) is 57.8 Å². The lowest BCUT2D eigenvalue weighted by Gasteiger charge is -2.48. The molecule has 0 bridgehead atoms. The average Bonchev–Trinajstić information content (AvgIpc) is 3.16. The van der Waals surface area contributed by atoms with E-state index < -0.39 is 11.4 Å². The number of carbonyl (C=O) groups is 2. The number of hydrogen-bond acceptors (Lipinski definition) is 4. The highest BCUT2D eigenvalue weighted by atomic mass is 35.5. The van der Waals surface area contributed by atoms with Gasteiger partial charge in [0.05, 0.1) is 12.7 Å². The molecule has 2 fully saturated rings. The number of pyridine rings is 1. The van der Waals surface area contributed by atoms with Crippen LogP contribution < -0.4 is 4.90 Å². The number of nitrogens with zero attached hydrogens (tertiary/aromatic N) is 4. The van der Waals surface area contributed by atoms with E-state index in [0.717, 1.165) is 5.56 Å². The third-order valence-corrected chi connectivity index (χ3v) is 6.20. The third kappa shape index (κ3) is 3.62. The van der Waals surface area contributed by atoms with Crippen molar-refractivity contribution in [1.82, 2.24) is 14.8 Å². The molecule has 1 atom stereocenters. The predicted molar refractivity (Wildman–Crippen MR) is 113 cm³/mol. The summed E-state index contributed by atoms with van der Waals surface area (Å²) in [5.74, 6) is 0.0661. The molecule has 0 N–H and O–H groups in total. The molecule has 1 aromatic carbocycles. The minimum Gasteiger partial charge on any atom is -0.354 e. The van der Waals surface area contributed by atoms with E-state index in [1.165, 1.54) is 12.3 Å². The minimum atomic E-state index is -0.977. The first-order valence-corrected chi connectivity index (χ1v) is 10.4. The van der Waals surface area contributed by atoms with Gasteiger partial charge >= 0.3 is 0 Å². The fourth-order valence-corrected chi connectivity index (χ4v) is 4.42. The second kappa shape index (κ2) is 7.87. The van der Waals surface area contributed by atoms with E-state index in [0.29, 0.717) is 36.9 Å². The summed E-state index contributed by atoms with van der Waals surface area (Å²) in [6, 6.07) is 10.2. The van der Waals surface area contributed by atoms with Gasteiger partial charge in [0.25, 0.3) is 5.91 Å². The van der Waals surface area contributed by atoms with Crippen LogP contribution in [0.2, 0.25) is 5.02 Å². The van der Waals surface area contributed by atoms with Crippen LogP contribution in [0.1, 0.15) is 25.8 Å². The van der Waals surface area contributed by atoms with E-state index in [1.807, 2.05) is 30.9 Å². The molecule has 0 aliphatic carbocycles. The van der Waals surface area contributed by atoms with Crippen molar-refractivity contribution >= 4 is 29.2 Å². The Bertz CT molecular complexity index is 951. The van der Waals surface area contributed by atoms with Gasteiger partial charge in [-0.3, -0.25) is 9.59 Å². The number of benzene rings is 1. The van der Waals surface area contributed by atoms with Gasteiger partial charge in [0.15, 0.2) is 0 Å². The SMILES string of the molecule is CC(C)N1CC(=O)N(Cc2ccc(Cl)cc2)C2(CCN(c3ccc(F)cn3)C2)C1=O. The summed E-state index contributed by atoms with van der Waals surface area (Å²) in [6.45, 7) is 5.12. The predicted octanol–water partition coefficient (Wildman–Crippen LogP) is 3.10. The topological polar surface area (TPSA) is 56.8 Å². The summed E-state index contributed by atoms with van der Waals surface area (Å²) in [4.78, 5) is 36.3. The van der Waals surface area contributed by atoms with Crippen molar-refractivity contribution in [3.63, 3.8) is 0 Å². The molecule has 0 saturated carbocycles. The van der Waals surface area contributed by atoms with Gasteiger partial charge in [-0.1, -0.05) is 23.7 Å². The summed E-state index contributed by atoms with van der Waals surface area (Å²) in [7, 11) is 0. The second-order valence-electron chi connectivity index (χ2n) is 8.17. The number of carbonyl (C=O) groups excluding carboxylic acids is 2. The van der Waals surface area contributed by atoms with Crippen LogP contribution in [0.5, 0.6) is 0 Å². The first kappa shape index (κ1) is 20.6. The van der Waals surface area contributed by atoms with Gasteiger partial charge in [-0.05, 0) is 50.1 Å². The first-order chi connectivity index (χ1) is 14.3. The number of halogens is 2. The van der Waals surface area contributed by atoms with Gasteiger partial charge in [-0.15, -0.1) is 0 Å². The molecule has 3 heterocycles. The van der Waals surface area contributed by atoms with E-state index in [9.17, 15) is 14.0 Å². The zero-order valence-electron chi connectivity index (χ0n) is 17.0. The molecule has 0 radical (unpaired) electrons. The largest absolute Gasteiger partial charge is 0.354 e. The molecular formula is C22H24ClFN4O2. The summed E-state index contributed by atoms with van der Waals surface area (Å²) in [5, 5.41) is 0.620. The molecule has 158 valence electrons. The maximum absolute atomic E-state index is 13.6. The van der Waals surface area contributed by atoms with Crippen molar-refractivity contribution in [2.45, 2.75) is 38.4 Å². The first-order valence-electron chi connectivity index (χ1n) is 10.0. The Morgan fingerprint density at radius 2 is 1.90 bits per heavy atom. The van der Waals surface area contributed by atoms with Crippen molar-refractivity contribution in [2.24, 2.45) is 0 Å². The van der Waals surface area contributed by atoms with Crippen molar-refractivity contribution in [2.75, 3.05) is 24.5 Å². The molecule has 2 aromatic rings. The molecule has 8 heteroatoms. The monoisotopic (exact) mass is 430 g/mol. The molecule has 1 unspecified atom stereocenters. The standard InChI is InChI=1S/C22H24ClFN4O2/c1-15(2)27-13-20(29)28(12-16-3-5-17(23)6-4-16)22(21(27)30)9-10-26(14-22)19-8-7-18(24)11-25-19/h3-8,11,15H,9-10,12-14H2,1-2H3. The van der Waals surface area contributed by atoms with Crippen LogP contribution in [-0.2, 0) is 16.1 Å². The molecule has 2 amide bonds. The Hall–Kier alpha value is -2.67. The fraction of sp³-hybridized carbons (Fsp3) is 0.409. The van der Waals surface area contributed by atoms with E-state index in [2.05, 4.69) is 4.98 Å². The summed E-state index contributed by atoms with van der Waals surface area (Å²) in [5.41, 5.74) is -0.0637. The number of anilines is 1. The van der Waals surface area contributed by atoms with Gasteiger partial charge in [0, 0.05) is 24.2 Å². The maximum Gasteiger partial charge on any atom is 0.251 e. The van der Waals surface area contributed by atoms with E-state index in [-0.39, 0.29) is 24.4 Å². The Morgan fingerprint density at radius 3 is 2.53 bits per heavy atom. The minimum absolute atomic E-state index is 0.0457. The van der Waals surface area contributed by atoms with Crippen molar-refractivity contribution in [3.05, 3.63) is 59.0 Å². The van der Waals surface area contributed by atoms with Crippen LogP contribution in [0.3, 0.4) is 0 Å². The van der Waals surface area contributed by atoms with Crippen LogP contribution in [0.15, 0.2) is 42.6 Å². The highest BCUT2D eigenvalue weighted by Crippen LogP contribution is 2.37. The lowest BCUT2D eigenvalue weighted by Crippen LogP contribution is -2.69. The number of amides is 2. The normalized spacial score (nSPS) is 22.0. The summed E-state index contributed by atoms with van der Waals surface area (Å²) < 4.78 is 13.3. The third-order valence-electron chi connectivity index (χ3n) is 5.94. The summed E-state index contributed by atoms with van der Waals surface area (Å²) in [6.07, 6.45) is 1.66. The number of hydrogen-bond donors (Lipinski definition) is 0. The molecule has 1 spiro atoms. The molecular weight excluding hydrogens is 407 g/mol. The molecule has 2 aliphatic heterocycles. The highest BCUT2D eigenvalue weighted by molar-refractivity contribution is 6.30. The lowest BCUT2D eigenvalue weighted by molar-refractivity contribution is -0.166. The van der Waals surface area contributed by atoms with Gasteiger partial charge in [0.1, 0.15) is 23.7 Å². The number of aromatic nitrogens is 1. The zero-order chi connectivity index (χ0) is 21.5. The Morgan fingerprint density at radius 1 is 1.17 bits per heavy atom. The lowest BCUT2D eigenvalue weighted by atomic mass is 9.89. The van der Waals surface area contributed by atoms with Crippen LogP contribution in [0, 0.1) is 5.82 Å². The Balaban J connectivity index is 1.68. The Kier molecular flexibility index (Phi) is 5.40. The molecule has 2 aliphatic rings. The highest BCUT2D eigenvalue weighted by Gasteiger charge is 2.56. The zero-order valence-corrected chi connectivity index (χ0v) is 17.8.